The Morgan fingerprint density at radius 3 is 3.04 bits per heavy atom. The number of hydrogen-bond acceptors (Lipinski definition) is 5. The fraction of sp³-hybridized carbons (Fsp3) is 0.632. The first kappa shape index (κ1) is 18.1. The van der Waals surface area contributed by atoms with Crippen molar-refractivity contribution in [1.29, 1.82) is 0 Å². The van der Waals surface area contributed by atoms with Crippen LogP contribution in [0.1, 0.15) is 56.4 Å². The molecule has 136 valence electrons. The lowest BCUT2D eigenvalue weighted by Crippen LogP contribution is -2.26. The van der Waals surface area contributed by atoms with Crippen LogP contribution in [0.5, 0.6) is 0 Å². The molecule has 1 aliphatic carbocycles. The van der Waals surface area contributed by atoms with Gasteiger partial charge in [0.25, 0.3) is 5.56 Å². The molecule has 0 aliphatic heterocycles. The fourth-order valence-corrected chi connectivity index (χ4v) is 4.72. The summed E-state index contributed by atoms with van der Waals surface area (Å²) < 4.78 is 6.63. The Bertz CT molecular complexity index is 809. The molecular weight excluding hydrogens is 336 g/mol. The van der Waals surface area contributed by atoms with Gasteiger partial charge in [-0.1, -0.05) is 33.1 Å². The number of rotatable bonds is 7. The number of thiophene rings is 1. The Kier molecular flexibility index (Phi) is 5.89. The van der Waals surface area contributed by atoms with Crippen molar-refractivity contribution >= 4 is 27.5 Å². The molecule has 1 aliphatic rings. The third-order valence-electron chi connectivity index (χ3n) is 4.84. The molecule has 0 aromatic carbocycles. The number of carbonyl (C=O) groups excluding carboxylic acids is 1. The molecule has 2 heterocycles. The monoisotopic (exact) mass is 362 g/mol. The van der Waals surface area contributed by atoms with Crippen LogP contribution in [0.25, 0.3) is 10.2 Å². The van der Waals surface area contributed by atoms with Crippen LogP contribution < -0.4 is 5.56 Å². The van der Waals surface area contributed by atoms with Crippen molar-refractivity contribution in [2.24, 2.45) is 5.92 Å². The molecule has 0 bridgehead atoms. The molecule has 25 heavy (non-hydrogen) atoms. The Labute approximate surface area is 152 Å². The second-order valence-electron chi connectivity index (χ2n) is 6.99. The Morgan fingerprint density at radius 1 is 1.40 bits per heavy atom. The molecule has 2 aromatic rings. The SMILES string of the molecule is CCCCCCOC(=O)Cn1cnc2sc3c(c2c1=O)CCC(C)C3. The minimum Gasteiger partial charge on any atom is -0.464 e. The lowest BCUT2D eigenvalue weighted by atomic mass is 9.89. The predicted octanol–water partition coefficient (Wildman–Crippen LogP) is 3.71. The molecule has 0 radical (unpaired) electrons. The van der Waals surface area contributed by atoms with E-state index in [-0.39, 0.29) is 18.1 Å². The highest BCUT2D eigenvalue weighted by atomic mass is 32.1. The third-order valence-corrected chi connectivity index (χ3v) is 6.00. The second-order valence-corrected chi connectivity index (χ2v) is 8.07. The van der Waals surface area contributed by atoms with Crippen LogP contribution in [0.2, 0.25) is 0 Å². The fourth-order valence-electron chi connectivity index (χ4n) is 3.38. The normalized spacial score (nSPS) is 16.8. The highest BCUT2D eigenvalue weighted by Crippen LogP contribution is 2.35. The number of ether oxygens (including phenoxy) is 1. The van der Waals surface area contributed by atoms with E-state index in [9.17, 15) is 9.59 Å². The molecule has 0 spiro atoms. The van der Waals surface area contributed by atoms with Crippen molar-refractivity contribution in [1.82, 2.24) is 9.55 Å². The van der Waals surface area contributed by atoms with E-state index in [0.717, 1.165) is 55.3 Å². The summed E-state index contributed by atoms with van der Waals surface area (Å²) in [6.45, 7) is 4.76. The predicted molar refractivity (Wildman–Crippen MR) is 100 cm³/mol. The van der Waals surface area contributed by atoms with Crippen LogP contribution in [0.3, 0.4) is 0 Å². The highest BCUT2D eigenvalue weighted by Gasteiger charge is 2.23. The molecule has 1 atom stereocenters. The standard InChI is InChI=1S/C19H26N2O3S/c1-3-4-5-6-9-24-16(22)11-21-12-20-18-17(19(21)23)14-8-7-13(2)10-15(14)25-18/h12-13H,3-11H2,1-2H3. The molecule has 2 aromatic heterocycles. The number of hydrogen-bond donors (Lipinski definition) is 0. The largest absolute Gasteiger partial charge is 0.464 e. The second kappa shape index (κ2) is 8.13. The van der Waals surface area contributed by atoms with Gasteiger partial charge >= 0.3 is 5.97 Å². The maximum absolute atomic E-state index is 12.8. The summed E-state index contributed by atoms with van der Waals surface area (Å²) >= 11 is 1.63. The molecule has 1 unspecified atom stereocenters. The van der Waals surface area contributed by atoms with Crippen LogP contribution in [-0.2, 0) is 28.9 Å². The number of carbonyl (C=O) groups is 1. The number of esters is 1. The van der Waals surface area contributed by atoms with Crippen molar-refractivity contribution in [3.63, 3.8) is 0 Å². The summed E-state index contributed by atoms with van der Waals surface area (Å²) in [5, 5.41) is 0.713. The zero-order valence-electron chi connectivity index (χ0n) is 15.0. The summed E-state index contributed by atoms with van der Waals surface area (Å²) in [6.07, 6.45) is 8.78. The molecule has 0 saturated heterocycles. The van der Waals surface area contributed by atoms with E-state index in [0.29, 0.717) is 17.9 Å². The van der Waals surface area contributed by atoms with Crippen molar-refractivity contribution < 1.29 is 9.53 Å². The van der Waals surface area contributed by atoms with Gasteiger partial charge in [-0.05, 0) is 37.2 Å². The number of aromatic nitrogens is 2. The van der Waals surface area contributed by atoms with Gasteiger partial charge in [-0.3, -0.25) is 14.2 Å². The topological polar surface area (TPSA) is 61.2 Å². The summed E-state index contributed by atoms with van der Waals surface area (Å²) in [4.78, 5) is 31.3. The van der Waals surface area contributed by atoms with E-state index in [1.54, 1.807) is 11.3 Å². The maximum atomic E-state index is 12.8. The van der Waals surface area contributed by atoms with E-state index >= 15 is 0 Å². The molecule has 0 amide bonds. The van der Waals surface area contributed by atoms with E-state index in [1.165, 1.54) is 15.8 Å². The van der Waals surface area contributed by atoms with Crippen LogP contribution in [0, 0.1) is 5.92 Å². The summed E-state index contributed by atoms with van der Waals surface area (Å²) in [5.74, 6) is 0.294. The van der Waals surface area contributed by atoms with Gasteiger partial charge in [0.05, 0.1) is 18.3 Å². The van der Waals surface area contributed by atoms with Gasteiger partial charge < -0.3 is 4.74 Å². The summed E-state index contributed by atoms with van der Waals surface area (Å²) in [7, 11) is 0. The van der Waals surface area contributed by atoms with Crippen molar-refractivity contribution in [3.8, 4) is 0 Å². The highest BCUT2D eigenvalue weighted by molar-refractivity contribution is 7.18. The van der Waals surface area contributed by atoms with Gasteiger partial charge in [-0.25, -0.2) is 4.98 Å². The lowest BCUT2D eigenvalue weighted by Gasteiger charge is -2.17. The molecule has 5 nitrogen and oxygen atoms in total. The first-order valence-electron chi connectivity index (χ1n) is 9.25. The van der Waals surface area contributed by atoms with Crippen LogP contribution in [0.15, 0.2) is 11.1 Å². The van der Waals surface area contributed by atoms with Crippen molar-refractivity contribution in [3.05, 3.63) is 27.1 Å². The number of aryl methyl sites for hydroxylation is 1. The van der Waals surface area contributed by atoms with Gasteiger partial charge in [0.2, 0.25) is 0 Å². The van der Waals surface area contributed by atoms with Crippen molar-refractivity contribution in [2.45, 2.75) is 65.3 Å². The number of nitrogens with zero attached hydrogens (tertiary/aromatic N) is 2. The van der Waals surface area contributed by atoms with Gasteiger partial charge in [-0.2, -0.15) is 0 Å². The number of unbranched alkanes of at least 4 members (excludes halogenated alkanes) is 3. The molecule has 6 heteroatoms. The van der Waals surface area contributed by atoms with Gasteiger partial charge in [0.1, 0.15) is 11.4 Å². The average molecular weight is 362 g/mol. The van der Waals surface area contributed by atoms with Gasteiger partial charge in [0, 0.05) is 4.88 Å². The molecule has 0 N–H and O–H groups in total. The minimum absolute atomic E-state index is 0.0590. The molecule has 0 saturated carbocycles. The maximum Gasteiger partial charge on any atom is 0.326 e. The van der Waals surface area contributed by atoms with Crippen LogP contribution in [-0.4, -0.2) is 22.1 Å². The first-order valence-corrected chi connectivity index (χ1v) is 10.1. The van der Waals surface area contributed by atoms with E-state index in [4.69, 9.17) is 4.74 Å². The molecule has 0 fully saturated rings. The molecular formula is C19H26N2O3S. The first-order chi connectivity index (χ1) is 12.1. The third kappa shape index (κ3) is 4.11. The quantitative estimate of drug-likeness (QED) is 0.556. The lowest BCUT2D eigenvalue weighted by molar-refractivity contribution is -0.144. The molecule has 3 rings (SSSR count). The average Bonchev–Trinajstić information content (AvgIpc) is 2.95. The van der Waals surface area contributed by atoms with Crippen LogP contribution in [0.4, 0.5) is 0 Å². The smallest absolute Gasteiger partial charge is 0.326 e. The summed E-state index contributed by atoms with van der Waals surface area (Å²) in [6, 6.07) is 0. The number of fused-ring (bicyclic) bond motifs is 3. The van der Waals surface area contributed by atoms with E-state index in [2.05, 4.69) is 18.8 Å². The van der Waals surface area contributed by atoms with E-state index in [1.807, 2.05) is 0 Å². The zero-order chi connectivity index (χ0) is 17.8. The minimum atomic E-state index is -0.363. The van der Waals surface area contributed by atoms with Crippen molar-refractivity contribution in [2.75, 3.05) is 6.61 Å². The Balaban J connectivity index is 1.71. The van der Waals surface area contributed by atoms with Crippen LogP contribution >= 0.6 is 11.3 Å². The van der Waals surface area contributed by atoms with E-state index < -0.39 is 0 Å². The van der Waals surface area contributed by atoms with Gasteiger partial charge in [-0.15, -0.1) is 11.3 Å². The Morgan fingerprint density at radius 2 is 2.24 bits per heavy atom. The Hall–Kier alpha value is -1.69. The zero-order valence-corrected chi connectivity index (χ0v) is 15.9. The van der Waals surface area contributed by atoms with Gasteiger partial charge in [0.15, 0.2) is 0 Å². The summed E-state index contributed by atoms with van der Waals surface area (Å²) in [5.41, 5.74) is 1.04.